The highest BCUT2D eigenvalue weighted by Gasteiger charge is 2.39. The molecule has 0 radical (unpaired) electrons. The number of aliphatic carboxylic acids is 1. The Morgan fingerprint density at radius 3 is 2.17 bits per heavy atom. The summed E-state index contributed by atoms with van der Waals surface area (Å²) >= 11 is 0. The van der Waals surface area contributed by atoms with Gasteiger partial charge in [0.1, 0.15) is 5.75 Å². The summed E-state index contributed by atoms with van der Waals surface area (Å²) < 4.78 is 28.5. The van der Waals surface area contributed by atoms with Crippen LogP contribution in [0.4, 0.5) is 4.79 Å². The molecule has 1 aromatic carbocycles. The van der Waals surface area contributed by atoms with E-state index in [1.807, 2.05) is 45.9 Å². The van der Waals surface area contributed by atoms with Crippen LogP contribution in [0.1, 0.15) is 64.0 Å². The maximum Gasteiger partial charge on any atom is 0.500 e. The molecule has 0 bridgehead atoms. The van der Waals surface area contributed by atoms with Crippen molar-refractivity contribution >= 4 is 26.9 Å². The van der Waals surface area contributed by atoms with E-state index in [0.29, 0.717) is 52.0 Å². The second kappa shape index (κ2) is 18.8. The van der Waals surface area contributed by atoms with Crippen LogP contribution in [0.25, 0.3) is 6.08 Å². The van der Waals surface area contributed by atoms with Crippen LogP contribution < -0.4 is 10.1 Å². The monoisotopic (exact) mass is 525 g/mol. The summed E-state index contributed by atoms with van der Waals surface area (Å²) in [6, 6.07) is 6.24. The lowest BCUT2D eigenvalue weighted by Gasteiger charge is -2.28. The Hall–Kier alpha value is -2.40. The van der Waals surface area contributed by atoms with Gasteiger partial charge in [0.15, 0.2) is 0 Å². The van der Waals surface area contributed by atoms with Crippen molar-refractivity contribution in [3.8, 4) is 5.75 Å². The quantitative estimate of drug-likeness (QED) is 0.136. The number of carboxylic acid groups (broad SMARTS) is 1. The molecule has 2 N–H and O–H groups in total. The van der Waals surface area contributed by atoms with Gasteiger partial charge in [-0.05, 0) is 89.1 Å². The molecule has 0 heterocycles. The third kappa shape index (κ3) is 13.6. The zero-order chi connectivity index (χ0) is 26.7. The lowest BCUT2D eigenvalue weighted by Crippen LogP contribution is -2.46. The molecule has 0 aromatic heterocycles. The molecule has 0 saturated heterocycles. The second-order valence-electron chi connectivity index (χ2n) is 8.10. The summed E-state index contributed by atoms with van der Waals surface area (Å²) in [5.41, 5.74) is 1.81. The van der Waals surface area contributed by atoms with Crippen LogP contribution in [0.2, 0.25) is 6.04 Å². The van der Waals surface area contributed by atoms with Crippen LogP contribution >= 0.6 is 0 Å². The molecule has 36 heavy (non-hydrogen) atoms. The van der Waals surface area contributed by atoms with Crippen molar-refractivity contribution in [3.63, 3.8) is 0 Å². The first-order valence-electron chi connectivity index (χ1n) is 12.8. The number of nitrogens with one attached hydrogen (secondary N) is 1. The average molecular weight is 526 g/mol. The van der Waals surface area contributed by atoms with E-state index in [0.717, 1.165) is 48.6 Å². The summed E-state index contributed by atoms with van der Waals surface area (Å²) in [6.45, 7) is 10.8. The van der Waals surface area contributed by atoms with Crippen molar-refractivity contribution in [2.45, 2.75) is 65.8 Å². The van der Waals surface area contributed by atoms with E-state index in [1.165, 1.54) is 0 Å². The molecule has 10 heteroatoms. The fraction of sp³-hybridized carbons (Fsp3) is 0.615. The Labute approximate surface area is 216 Å². The van der Waals surface area contributed by atoms with Gasteiger partial charge in [0.05, 0.1) is 13.2 Å². The maximum atomic E-state index is 11.9. The molecule has 1 rings (SSSR count). The number of hydrogen-bond acceptors (Lipinski definition) is 7. The van der Waals surface area contributed by atoms with Crippen LogP contribution in [-0.4, -0.2) is 65.6 Å². The molecule has 9 nitrogen and oxygen atoms in total. The molecule has 1 amide bonds. The van der Waals surface area contributed by atoms with Gasteiger partial charge in [-0.3, -0.25) is 0 Å². The first kappa shape index (κ1) is 31.6. The standard InChI is InChI=1S/C26H43NO8Si/c1-5-33-36(34-6-2,35-7-3)20-12-17-27-26(30)32-19-11-9-8-10-18-31-24-15-13-23(22(4)21-24)14-16-25(28)29/h13-16,21H,5-12,17-20H2,1-4H3,(H,27,30)(H,28,29)/b16-14+. The highest BCUT2D eigenvalue weighted by Crippen LogP contribution is 2.19. The minimum absolute atomic E-state index is 0.382. The van der Waals surface area contributed by atoms with Gasteiger partial charge in [0.2, 0.25) is 0 Å². The number of ether oxygens (including phenoxy) is 2. The fourth-order valence-corrected chi connectivity index (χ4v) is 6.16. The largest absolute Gasteiger partial charge is 0.500 e. The Morgan fingerprint density at radius 1 is 0.944 bits per heavy atom. The molecule has 0 aliphatic carbocycles. The van der Waals surface area contributed by atoms with Gasteiger partial charge in [-0.2, -0.15) is 0 Å². The van der Waals surface area contributed by atoms with Crippen LogP contribution in [0.15, 0.2) is 24.3 Å². The zero-order valence-electron chi connectivity index (χ0n) is 22.2. The van der Waals surface area contributed by atoms with Crippen molar-refractivity contribution in [1.29, 1.82) is 0 Å². The highest BCUT2D eigenvalue weighted by atomic mass is 28.4. The number of benzene rings is 1. The van der Waals surface area contributed by atoms with Crippen molar-refractivity contribution < 1.29 is 37.4 Å². The van der Waals surface area contributed by atoms with Crippen molar-refractivity contribution in [2.24, 2.45) is 0 Å². The summed E-state index contributed by atoms with van der Waals surface area (Å²) in [5, 5.41) is 11.5. The third-order valence-corrected chi connectivity index (χ3v) is 8.36. The molecule has 0 fully saturated rings. The van der Waals surface area contributed by atoms with E-state index < -0.39 is 20.9 Å². The smallest absolute Gasteiger partial charge is 0.494 e. The fourth-order valence-electron chi connectivity index (χ4n) is 3.55. The lowest BCUT2D eigenvalue weighted by atomic mass is 10.1. The first-order valence-corrected chi connectivity index (χ1v) is 14.8. The Bertz CT molecular complexity index is 785. The van der Waals surface area contributed by atoms with Crippen LogP contribution in [0.5, 0.6) is 5.75 Å². The van der Waals surface area contributed by atoms with Gasteiger partial charge in [-0.25, -0.2) is 9.59 Å². The van der Waals surface area contributed by atoms with Crippen LogP contribution in [0, 0.1) is 6.92 Å². The van der Waals surface area contributed by atoms with Gasteiger partial charge in [-0.1, -0.05) is 6.07 Å². The molecule has 0 atom stereocenters. The van der Waals surface area contributed by atoms with Crippen molar-refractivity contribution in [2.75, 3.05) is 39.6 Å². The molecule has 204 valence electrons. The van der Waals surface area contributed by atoms with E-state index in [2.05, 4.69) is 5.32 Å². The minimum Gasteiger partial charge on any atom is -0.494 e. The Balaban J connectivity index is 2.13. The number of carbonyl (C=O) groups excluding carboxylic acids is 1. The van der Waals surface area contributed by atoms with Gasteiger partial charge in [0, 0.05) is 38.5 Å². The highest BCUT2D eigenvalue weighted by molar-refractivity contribution is 6.60. The number of amides is 1. The molecular weight excluding hydrogens is 482 g/mol. The molecule has 1 aromatic rings. The summed E-state index contributed by atoms with van der Waals surface area (Å²) in [4.78, 5) is 22.5. The van der Waals surface area contributed by atoms with Crippen LogP contribution in [-0.2, 0) is 22.8 Å². The van der Waals surface area contributed by atoms with Crippen LogP contribution in [0.3, 0.4) is 0 Å². The van der Waals surface area contributed by atoms with Crippen molar-refractivity contribution in [3.05, 3.63) is 35.4 Å². The van der Waals surface area contributed by atoms with Crippen molar-refractivity contribution in [1.82, 2.24) is 5.32 Å². The van der Waals surface area contributed by atoms with E-state index in [4.69, 9.17) is 27.9 Å². The lowest BCUT2D eigenvalue weighted by molar-refractivity contribution is -0.131. The number of alkyl carbamates (subject to hydrolysis) is 1. The average Bonchev–Trinajstić information content (AvgIpc) is 2.83. The van der Waals surface area contributed by atoms with Gasteiger partial charge in [-0.15, -0.1) is 0 Å². The van der Waals surface area contributed by atoms with Gasteiger partial charge >= 0.3 is 20.9 Å². The topological polar surface area (TPSA) is 113 Å². The summed E-state index contributed by atoms with van der Waals surface area (Å²) in [5.74, 6) is -0.203. The first-order chi connectivity index (χ1) is 17.4. The van der Waals surface area contributed by atoms with E-state index in [9.17, 15) is 9.59 Å². The number of carbonyl (C=O) groups is 2. The summed E-state index contributed by atoms with van der Waals surface area (Å²) in [6.07, 6.45) is 6.60. The number of hydrogen-bond donors (Lipinski definition) is 2. The molecule has 0 spiro atoms. The predicted octanol–water partition coefficient (Wildman–Crippen LogP) is 5.20. The van der Waals surface area contributed by atoms with Gasteiger partial charge in [0.25, 0.3) is 0 Å². The van der Waals surface area contributed by atoms with E-state index in [1.54, 1.807) is 6.08 Å². The molecule has 0 aliphatic heterocycles. The zero-order valence-corrected chi connectivity index (χ0v) is 23.2. The Kier molecular flexibility index (Phi) is 16.5. The van der Waals surface area contributed by atoms with E-state index >= 15 is 0 Å². The molecular formula is C26H43NO8Si. The molecule has 0 saturated carbocycles. The normalized spacial score (nSPS) is 11.6. The Morgan fingerprint density at radius 2 is 1.58 bits per heavy atom. The third-order valence-electron chi connectivity index (χ3n) is 5.21. The SMILES string of the molecule is CCO[Si](CCCNC(=O)OCCCCCCOc1ccc(/C=C/C(=O)O)c(C)c1)(OCC)OCC. The minimum atomic E-state index is -2.67. The number of carboxylic acids is 1. The van der Waals surface area contributed by atoms with Gasteiger partial charge < -0.3 is 33.2 Å². The number of unbranched alkanes of at least 4 members (excludes halogenated alkanes) is 3. The summed E-state index contributed by atoms with van der Waals surface area (Å²) in [7, 11) is -2.67. The van der Waals surface area contributed by atoms with E-state index in [-0.39, 0.29) is 0 Å². The second-order valence-corrected chi connectivity index (χ2v) is 10.8. The number of rotatable bonds is 20. The molecule has 0 aliphatic rings. The maximum absolute atomic E-state index is 11.9. The predicted molar refractivity (Wildman–Crippen MR) is 141 cm³/mol. The molecule has 0 unspecified atom stereocenters. The number of aryl methyl sites for hydroxylation is 1.